The second-order valence-electron chi connectivity index (χ2n) is 6.05. The Morgan fingerprint density at radius 1 is 1.14 bits per heavy atom. The van der Waals surface area contributed by atoms with Crippen LogP contribution in [-0.4, -0.2) is 35.5 Å². The number of carboxylic acid groups (broad SMARTS) is 1. The van der Waals surface area contributed by atoms with Crippen LogP contribution < -0.4 is 15.0 Å². The number of amides is 4. The summed E-state index contributed by atoms with van der Waals surface area (Å²) < 4.78 is 5.04. The van der Waals surface area contributed by atoms with E-state index < -0.39 is 30.4 Å². The van der Waals surface area contributed by atoms with Crippen LogP contribution in [0.4, 0.5) is 10.5 Å². The number of nitrogens with one attached hydrogen (secondary N) is 1. The summed E-state index contributed by atoms with van der Waals surface area (Å²) in [4.78, 5) is 48.6. The van der Waals surface area contributed by atoms with Crippen molar-refractivity contribution in [1.29, 1.82) is 0 Å². The molecule has 2 aromatic carbocycles. The second-order valence-corrected chi connectivity index (χ2v) is 6.05. The van der Waals surface area contributed by atoms with Gasteiger partial charge >= 0.3 is 12.0 Å². The van der Waals surface area contributed by atoms with E-state index in [1.807, 2.05) is 13.0 Å². The third-order valence-electron chi connectivity index (χ3n) is 3.91. The Bertz CT molecular complexity index is 994. The molecule has 1 saturated heterocycles. The standard InChI is InChI=1S/C20H16N2O6/c1-12-3-2-4-14(9-12)22-19(26)16(18(25)21-20(22)27)10-13-5-7-15(8-6-13)28-11-17(23)24/h2-10H,11H2,1H3,(H,23,24)(H,21,25,27)/b16-10+. The molecule has 0 atom stereocenters. The number of ether oxygens (including phenoxy) is 1. The van der Waals surface area contributed by atoms with Gasteiger partial charge in [-0.15, -0.1) is 0 Å². The number of urea groups is 1. The van der Waals surface area contributed by atoms with E-state index in [0.717, 1.165) is 10.5 Å². The van der Waals surface area contributed by atoms with Crippen LogP contribution in [0.15, 0.2) is 54.1 Å². The van der Waals surface area contributed by atoms with Crippen LogP contribution in [-0.2, 0) is 14.4 Å². The molecule has 0 saturated carbocycles. The predicted molar refractivity (Wildman–Crippen MR) is 99.8 cm³/mol. The number of aryl methyl sites for hydroxylation is 1. The van der Waals surface area contributed by atoms with Gasteiger partial charge in [-0.25, -0.2) is 14.5 Å². The number of rotatable bonds is 5. The van der Waals surface area contributed by atoms with Crippen molar-refractivity contribution in [2.45, 2.75) is 6.92 Å². The molecule has 1 fully saturated rings. The topological polar surface area (TPSA) is 113 Å². The highest BCUT2D eigenvalue weighted by molar-refractivity contribution is 6.39. The smallest absolute Gasteiger partial charge is 0.341 e. The van der Waals surface area contributed by atoms with Crippen molar-refractivity contribution in [2.24, 2.45) is 0 Å². The number of hydrogen-bond acceptors (Lipinski definition) is 5. The van der Waals surface area contributed by atoms with E-state index in [0.29, 0.717) is 17.0 Å². The summed E-state index contributed by atoms with van der Waals surface area (Å²) in [6.45, 7) is 1.35. The number of carbonyl (C=O) groups is 4. The first kappa shape index (κ1) is 18.8. The Morgan fingerprint density at radius 3 is 2.50 bits per heavy atom. The van der Waals surface area contributed by atoms with Crippen molar-refractivity contribution in [3.8, 4) is 5.75 Å². The highest BCUT2D eigenvalue weighted by atomic mass is 16.5. The zero-order valence-electron chi connectivity index (χ0n) is 14.8. The minimum atomic E-state index is -1.10. The molecule has 142 valence electrons. The van der Waals surface area contributed by atoms with Gasteiger partial charge in [0.1, 0.15) is 11.3 Å². The summed E-state index contributed by atoms with van der Waals surface area (Å²) >= 11 is 0. The summed E-state index contributed by atoms with van der Waals surface area (Å²) in [6, 6.07) is 12.2. The maximum absolute atomic E-state index is 12.8. The van der Waals surface area contributed by atoms with E-state index in [1.165, 1.54) is 18.2 Å². The molecule has 0 radical (unpaired) electrons. The summed E-state index contributed by atoms with van der Waals surface area (Å²) in [5, 5.41) is 10.8. The molecule has 28 heavy (non-hydrogen) atoms. The van der Waals surface area contributed by atoms with Gasteiger partial charge in [0, 0.05) is 0 Å². The van der Waals surface area contributed by atoms with Gasteiger partial charge in [0.05, 0.1) is 5.69 Å². The number of imide groups is 2. The molecule has 8 nitrogen and oxygen atoms in total. The normalized spacial score (nSPS) is 15.5. The van der Waals surface area contributed by atoms with Crippen LogP contribution in [0.5, 0.6) is 5.75 Å². The predicted octanol–water partition coefficient (Wildman–Crippen LogP) is 2.12. The van der Waals surface area contributed by atoms with E-state index in [4.69, 9.17) is 9.84 Å². The number of hydrogen-bond donors (Lipinski definition) is 2. The van der Waals surface area contributed by atoms with Gasteiger partial charge in [-0.05, 0) is 48.4 Å². The molecule has 0 spiro atoms. The van der Waals surface area contributed by atoms with Gasteiger partial charge < -0.3 is 9.84 Å². The van der Waals surface area contributed by atoms with E-state index in [1.54, 1.807) is 30.3 Å². The maximum atomic E-state index is 12.8. The minimum Gasteiger partial charge on any atom is -0.482 e. The fourth-order valence-electron chi connectivity index (χ4n) is 2.63. The van der Waals surface area contributed by atoms with Crippen molar-refractivity contribution < 1.29 is 29.0 Å². The first-order chi connectivity index (χ1) is 13.3. The average Bonchev–Trinajstić information content (AvgIpc) is 2.64. The van der Waals surface area contributed by atoms with Gasteiger partial charge in [-0.2, -0.15) is 0 Å². The number of carbonyl (C=O) groups excluding carboxylic acids is 3. The van der Waals surface area contributed by atoms with Crippen molar-refractivity contribution in [3.63, 3.8) is 0 Å². The molecule has 4 amide bonds. The van der Waals surface area contributed by atoms with Crippen LogP contribution in [0.3, 0.4) is 0 Å². The summed E-state index contributed by atoms with van der Waals surface area (Å²) in [7, 11) is 0. The molecular weight excluding hydrogens is 364 g/mol. The van der Waals surface area contributed by atoms with Crippen LogP contribution in [0.1, 0.15) is 11.1 Å². The number of barbiturate groups is 1. The highest BCUT2D eigenvalue weighted by Gasteiger charge is 2.36. The van der Waals surface area contributed by atoms with Crippen LogP contribution >= 0.6 is 0 Å². The molecule has 0 aliphatic carbocycles. The van der Waals surface area contributed by atoms with Crippen molar-refractivity contribution in [3.05, 3.63) is 65.2 Å². The van der Waals surface area contributed by atoms with Crippen molar-refractivity contribution in [2.75, 3.05) is 11.5 Å². The SMILES string of the molecule is Cc1cccc(N2C(=O)NC(=O)/C(=C\c3ccc(OCC(=O)O)cc3)C2=O)c1. The molecule has 3 rings (SSSR count). The summed E-state index contributed by atoms with van der Waals surface area (Å²) in [5.74, 6) is -2.28. The van der Waals surface area contributed by atoms with Crippen molar-refractivity contribution >= 4 is 35.6 Å². The van der Waals surface area contributed by atoms with Crippen LogP contribution in [0, 0.1) is 6.92 Å². The van der Waals surface area contributed by atoms with Gasteiger partial charge in [-0.1, -0.05) is 24.3 Å². The lowest BCUT2D eigenvalue weighted by Gasteiger charge is -2.26. The number of aliphatic carboxylic acids is 1. The first-order valence-corrected chi connectivity index (χ1v) is 8.28. The van der Waals surface area contributed by atoms with Crippen LogP contribution in [0.25, 0.3) is 6.08 Å². The Hall–Kier alpha value is -3.94. The first-order valence-electron chi connectivity index (χ1n) is 8.28. The molecule has 0 aromatic heterocycles. The Morgan fingerprint density at radius 2 is 1.86 bits per heavy atom. The zero-order valence-corrected chi connectivity index (χ0v) is 14.8. The molecule has 2 aromatic rings. The largest absolute Gasteiger partial charge is 0.482 e. The fraction of sp³-hybridized carbons (Fsp3) is 0.100. The van der Waals surface area contributed by atoms with E-state index in [9.17, 15) is 19.2 Å². The third-order valence-corrected chi connectivity index (χ3v) is 3.91. The van der Waals surface area contributed by atoms with Gasteiger partial charge in [0.25, 0.3) is 11.8 Å². The Balaban J connectivity index is 1.87. The van der Waals surface area contributed by atoms with E-state index in [-0.39, 0.29) is 5.57 Å². The lowest BCUT2D eigenvalue weighted by Crippen LogP contribution is -2.54. The summed E-state index contributed by atoms with van der Waals surface area (Å²) in [5.41, 5.74) is 1.54. The summed E-state index contributed by atoms with van der Waals surface area (Å²) in [6.07, 6.45) is 1.36. The molecular formula is C20H16N2O6. The Labute approximate surface area is 160 Å². The quantitative estimate of drug-likeness (QED) is 0.607. The molecule has 8 heteroatoms. The Kier molecular flexibility index (Phi) is 5.21. The number of carboxylic acids is 1. The van der Waals surface area contributed by atoms with Crippen LogP contribution in [0.2, 0.25) is 0 Å². The second kappa shape index (κ2) is 7.75. The highest BCUT2D eigenvalue weighted by Crippen LogP contribution is 2.23. The number of benzene rings is 2. The molecule has 0 bridgehead atoms. The number of anilines is 1. The zero-order chi connectivity index (χ0) is 20.3. The van der Waals surface area contributed by atoms with Gasteiger partial charge in [0.15, 0.2) is 6.61 Å². The van der Waals surface area contributed by atoms with E-state index >= 15 is 0 Å². The average molecular weight is 380 g/mol. The molecule has 1 aliphatic heterocycles. The monoisotopic (exact) mass is 380 g/mol. The van der Waals surface area contributed by atoms with Gasteiger partial charge in [0.2, 0.25) is 0 Å². The van der Waals surface area contributed by atoms with E-state index in [2.05, 4.69) is 5.32 Å². The molecule has 0 unspecified atom stereocenters. The lowest BCUT2D eigenvalue weighted by molar-refractivity contribution is -0.139. The maximum Gasteiger partial charge on any atom is 0.341 e. The number of nitrogens with zero attached hydrogens (tertiary/aromatic N) is 1. The fourth-order valence-corrected chi connectivity index (χ4v) is 2.63. The van der Waals surface area contributed by atoms with Crippen molar-refractivity contribution in [1.82, 2.24) is 5.32 Å². The lowest BCUT2D eigenvalue weighted by atomic mass is 10.1. The molecule has 1 heterocycles. The molecule has 1 aliphatic rings. The van der Waals surface area contributed by atoms with Gasteiger partial charge in [-0.3, -0.25) is 14.9 Å². The minimum absolute atomic E-state index is 0.194. The molecule has 2 N–H and O–H groups in total. The third kappa shape index (κ3) is 4.07.